The summed E-state index contributed by atoms with van der Waals surface area (Å²) in [7, 11) is 1.71. The number of likely N-dealkylation sites (N-methyl/N-ethyl adjacent to an activating group) is 1. The molecule has 2 aliphatic heterocycles. The van der Waals surface area contributed by atoms with Crippen LogP contribution in [0.3, 0.4) is 0 Å². The van der Waals surface area contributed by atoms with E-state index in [-0.39, 0.29) is 23.0 Å². The number of rotatable bonds is 9. The van der Waals surface area contributed by atoms with E-state index in [0.29, 0.717) is 42.4 Å². The molecule has 5 N–H and O–H groups in total. The molecule has 0 bridgehead atoms. The van der Waals surface area contributed by atoms with Gasteiger partial charge in [0.1, 0.15) is 11.9 Å². The fraction of sp³-hybridized carbons (Fsp3) is 0.419. The lowest BCUT2D eigenvalue weighted by Crippen LogP contribution is -2.43. The van der Waals surface area contributed by atoms with E-state index >= 15 is 0 Å². The molecule has 224 valence electrons. The number of fused-ring (bicyclic) bond motifs is 1. The molecule has 42 heavy (non-hydrogen) atoms. The van der Waals surface area contributed by atoms with Gasteiger partial charge in [0.25, 0.3) is 0 Å². The van der Waals surface area contributed by atoms with Gasteiger partial charge in [-0.05, 0) is 31.0 Å². The first-order valence-corrected chi connectivity index (χ1v) is 14.4. The van der Waals surface area contributed by atoms with Gasteiger partial charge in [-0.25, -0.2) is 9.97 Å². The standard InChI is InChI=1S/C31H38F3N7O/c1-5-13-36-21-10-8-7-9-19(21)18(3)38-26-16-22(23-17-35-14-15-37-23)39-30(40-26)20-11-12-25-27(28(20)31(32,33)34)29(42)24(6-2)41(25)4/h7-12,16,23-24,29,35-37,42H,3,5-6,13-15,17H2,1-2,4H3,(H,38,39,40). The topological polar surface area (TPSA) is 97.4 Å². The molecule has 8 nitrogen and oxygen atoms in total. The van der Waals surface area contributed by atoms with Gasteiger partial charge in [-0.1, -0.05) is 38.6 Å². The van der Waals surface area contributed by atoms with Gasteiger partial charge in [0, 0.05) is 73.1 Å². The number of hydrogen-bond donors (Lipinski definition) is 5. The first kappa shape index (κ1) is 29.8. The molecule has 2 aromatic carbocycles. The number of halogens is 3. The fourth-order valence-corrected chi connectivity index (χ4v) is 5.86. The van der Waals surface area contributed by atoms with Crippen LogP contribution in [-0.4, -0.2) is 54.3 Å². The Morgan fingerprint density at radius 1 is 1.14 bits per heavy atom. The molecule has 1 aromatic heterocycles. The summed E-state index contributed by atoms with van der Waals surface area (Å²) in [5, 5.41) is 24.4. The molecule has 5 rings (SSSR count). The lowest BCUT2D eigenvalue weighted by Gasteiger charge is -2.25. The summed E-state index contributed by atoms with van der Waals surface area (Å²) in [4.78, 5) is 11.0. The Balaban J connectivity index is 1.62. The summed E-state index contributed by atoms with van der Waals surface area (Å²) in [5.41, 5.74) is 1.99. The van der Waals surface area contributed by atoms with E-state index in [1.165, 1.54) is 6.07 Å². The highest BCUT2D eigenvalue weighted by Crippen LogP contribution is 2.50. The zero-order valence-electron chi connectivity index (χ0n) is 24.1. The predicted octanol–water partition coefficient (Wildman–Crippen LogP) is 5.56. The normalized spacial score (nSPS) is 20.4. The van der Waals surface area contributed by atoms with Crippen molar-refractivity contribution in [1.82, 2.24) is 20.6 Å². The second-order valence-corrected chi connectivity index (χ2v) is 10.7. The monoisotopic (exact) mass is 581 g/mol. The SMILES string of the molecule is C=C(Nc1cc(C2CNCCN2)nc(-c2ccc3c(c2C(F)(F)F)C(O)C(CC)N3C)n1)c1ccccc1NCCC. The summed E-state index contributed by atoms with van der Waals surface area (Å²) < 4.78 is 44.4. The third-order valence-electron chi connectivity index (χ3n) is 7.94. The molecule has 0 radical (unpaired) electrons. The van der Waals surface area contributed by atoms with Crippen molar-refractivity contribution in [2.24, 2.45) is 0 Å². The molecule has 3 atom stereocenters. The van der Waals surface area contributed by atoms with Crippen molar-refractivity contribution in [1.29, 1.82) is 0 Å². The van der Waals surface area contributed by atoms with Crippen molar-refractivity contribution in [3.8, 4) is 11.4 Å². The van der Waals surface area contributed by atoms with Gasteiger partial charge in [0.05, 0.1) is 23.3 Å². The third-order valence-corrected chi connectivity index (χ3v) is 7.94. The minimum absolute atomic E-state index is 0.0718. The largest absolute Gasteiger partial charge is 0.417 e. The van der Waals surface area contributed by atoms with E-state index < -0.39 is 23.9 Å². The van der Waals surface area contributed by atoms with Gasteiger partial charge in [-0.15, -0.1) is 0 Å². The van der Waals surface area contributed by atoms with Gasteiger partial charge in [0.15, 0.2) is 5.82 Å². The third kappa shape index (κ3) is 5.81. The van der Waals surface area contributed by atoms with Crippen LogP contribution < -0.4 is 26.2 Å². The number of aromatic nitrogens is 2. The second kappa shape index (κ2) is 12.3. The van der Waals surface area contributed by atoms with Crippen LogP contribution in [-0.2, 0) is 6.18 Å². The molecule has 2 aliphatic rings. The average Bonchev–Trinajstić information content (AvgIpc) is 3.23. The maximum absolute atomic E-state index is 14.8. The predicted molar refractivity (Wildman–Crippen MR) is 161 cm³/mol. The van der Waals surface area contributed by atoms with Crippen LogP contribution in [0.25, 0.3) is 17.1 Å². The van der Waals surface area contributed by atoms with E-state index in [9.17, 15) is 18.3 Å². The van der Waals surface area contributed by atoms with Crippen molar-refractivity contribution in [2.45, 2.75) is 51.1 Å². The van der Waals surface area contributed by atoms with Crippen LogP contribution in [0.4, 0.5) is 30.4 Å². The van der Waals surface area contributed by atoms with E-state index in [1.54, 1.807) is 24.1 Å². The van der Waals surface area contributed by atoms with E-state index in [4.69, 9.17) is 0 Å². The Morgan fingerprint density at radius 2 is 1.93 bits per heavy atom. The molecule has 11 heteroatoms. The van der Waals surface area contributed by atoms with Gasteiger partial charge in [0.2, 0.25) is 0 Å². The van der Waals surface area contributed by atoms with Gasteiger partial charge in [-0.3, -0.25) is 0 Å². The number of aliphatic hydroxyl groups excluding tert-OH is 1. The number of hydrogen-bond acceptors (Lipinski definition) is 8. The Hall–Kier alpha value is -3.67. The van der Waals surface area contributed by atoms with E-state index in [1.807, 2.05) is 31.2 Å². The number of aliphatic hydroxyl groups is 1. The summed E-state index contributed by atoms with van der Waals surface area (Å²) in [6.07, 6.45) is -4.59. The van der Waals surface area contributed by atoms with Gasteiger partial charge < -0.3 is 31.3 Å². The lowest BCUT2D eigenvalue weighted by molar-refractivity contribution is -0.138. The second-order valence-electron chi connectivity index (χ2n) is 10.7. The molecule has 1 fully saturated rings. The average molecular weight is 582 g/mol. The van der Waals surface area contributed by atoms with E-state index in [0.717, 1.165) is 30.8 Å². The van der Waals surface area contributed by atoms with Crippen molar-refractivity contribution < 1.29 is 18.3 Å². The molecule has 0 spiro atoms. The summed E-state index contributed by atoms with van der Waals surface area (Å²) in [5.74, 6) is 0.257. The molecule has 1 saturated heterocycles. The van der Waals surface area contributed by atoms with Crippen LogP contribution in [0, 0.1) is 0 Å². The number of piperazine rings is 1. The molecular formula is C31H38F3N7O. The smallest absolute Gasteiger partial charge is 0.386 e. The maximum atomic E-state index is 14.8. The first-order valence-electron chi connectivity index (χ1n) is 14.4. The van der Waals surface area contributed by atoms with Gasteiger partial charge >= 0.3 is 6.18 Å². The highest BCUT2D eigenvalue weighted by molar-refractivity contribution is 5.82. The molecule has 3 unspecified atom stereocenters. The molecular weight excluding hydrogens is 543 g/mol. The summed E-state index contributed by atoms with van der Waals surface area (Å²) in [6, 6.07) is 11.8. The van der Waals surface area contributed by atoms with Crippen molar-refractivity contribution in [2.75, 3.05) is 48.8 Å². The minimum Gasteiger partial charge on any atom is -0.386 e. The highest BCUT2D eigenvalue weighted by Gasteiger charge is 2.45. The Morgan fingerprint density at radius 3 is 2.62 bits per heavy atom. The summed E-state index contributed by atoms with van der Waals surface area (Å²) >= 11 is 0. The Labute approximate surface area is 244 Å². The maximum Gasteiger partial charge on any atom is 0.417 e. The molecule has 3 heterocycles. The number of anilines is 3. The molecule has 3 aromatic rings. The number of alkyl halides is 3. The van der Waals surface area contributed by atoms with Crippen molar-refractivity contribution in [3.63, 3.8) is 0 Å². The van der Waals surface area contributed by atoms with Crippen molar-refractivity contribution >= 4 is 22.9 Å². The first-order chi connectivity index (χ1) is 20.1. The minimum atomic E-state index is -4.74. The Kier molecular flexibility index (Phi) is 8.72. The zero-order valence-corrected chi connectivity index (χ0v) is 24.1. The van der Waals surface area contributed by atoms with E-state index in [2.05, 4.69) is 44.7 Å². The number of benzene rings is 2. The van der Waals surface area contributed by atoms with Crippen LogP contribution in [0.1, 0.15) is 61.2 Å². The van der Waals surface area contributed by atoms with Crippen molar-refractivity contribution in [3.05, 3.63) is 71.4 Å². The zero-order chi connectivity index (χ0) is 30.0. The van der Waals surface area contributed by atoms with Gasteiger partial charge in [-0.2, -0.15) is 13.2 Å². The number of nitrogens with one attached hydrogen (secondary N) is 4. The molecule has 0 saturated carbocycles. The quantitative estimate of drug-likeness (QED) is 0.224. The van der Waals surface area contributed by atoms with Crippen LogP contribution >= 0.6 is 0 Å². The summed E-state index contributed by atoms with van der Waals surface area (Å²) in [6.45, 7) is 11.0. The highest BCUT2D eigenvalue weighted by atomic mass is 19.4. The number of nitrogens with zero attached hydrogens (tertiary/aromatic N) is 3. The fourth-order valence-electron chi connectivity index (χ4n) is 5.86. The lowest BCUT2D eigenvalue weighted by atomic mass is 9.94. The van der Waals surface area contributed by atoms with Crippen LogP contribution in [0.5, 0.6) is 0 Å². The molecule has 0 amide bonds. The molecule has 0 aliphatic carbocycles. The van der Waals surface area contributed by atoms with Crippen LogP contribution in [0.2, 0.25) is 0 Å². The Bertz CT molecular complexity index is 1440. The van der Waals surface area contributed by atoms with Crippen LogP contribution in [0.15, 0.2) is 49.0 Å². The number of para-hydroxylation sites is 1.